The third kappa shape index (κ3) is 3.90. The summed E-state index contributed by atoms with van der Waals surface area (Å²) in [4.78, 5) is 53.0. The molecule has 0 bridgehead atoms. The zero-order valence-corrected chi connectivity index (χ0v) is 22.5. The summed E-state index contributed by atoms with van der Waals surface area (Å²) in [6.07, 6.45) is 0.0336. The molecule has 4 atom stereocenters. The zero-order chi connectivity index (χ0) is 30.1. The average Bonchev–Trinajstić information content (AvgIpc) is 2.89. The Morgan fingerprint density at radius 1 is 1.10 bits per heavy atom. The van der Waals surface area contributed by atoms with Gasteiger partial charge in [-0.2, -0.15) is 0 Å². The van der Waals surface area contributed by atoms with E-state index >= 15 is 0 Å². The number of Topliss-reactive ketones (excluding diaryl/α,β-unsaturated/α-hetero) is 2. The van der Waals surface area contributed by atoms with Crippen LogP contribution in [-0.2, 0) is 25.5 Å². The summed E-state index contributed by atoms with van der Waals surface area (Å²) in [6, 6.07) is 6.31. The van der Waals surface area contributed by atoms with Crippen LogP contribution in [0.25, 0.3) is 16.9 Å². The van der Waals surface area contributed by atoms with E-state index in [1.54, 1.807) is 18.2 Å². The second-order valence-corrected chi connectivity index (χ2v) is 10.8. The zero-order valence-electron chi connectivity index (χ0n) is 22.5. The summed E-state index contributed by atoms with van der Waals surface area (Å²) in [5, 5.41) is 44.9. The number of rotatable bonds is 4. The number of aliphatic hydroxyl groups is 3. The van der Waals surface area contributed by atoms with Gasteiger partial charge in [0.2, 0.25) is 5.78 Å². The van der Waals surface area contributed by atoms with Crippen LogP contribution in [0.4, 0.5) is 5.69 Å². The predicted octanol–water partition coefficient (Wildman–Crippen LogP) is 1.000. The predicted molar refractivity (Wildman–Crippen MR) is 145 cm³/mol. The van der Waals surface area contributed by atoms with Crippen molar-refractivity contribution >= 4 is 34.9 Å². The number of phenolic OH excluding ortho intramolecular Hbond substituents is 1. The van der Waals surface area contributed by atoms with E-state index in [2.05, 4.69) is 0 Å². The number of nitrogen functional groups attached to an aromatic ring is 1. The lowest BCUT2D eigenvalue weighted by Crippen LogP contribution is -2.65. The Morgan fingerprint density at radius 3 is 2.39 bits per heavy atom. The quantitative estimate of drug-likeness (QED) is 0.175. The van der Waals surface area contributed by atoms with Crippen LogP contribution in [0.2, 0.25) is 0 Å². The van der Waals surface area contributed by atoms with Crippen LogP contribution in [-0.4, -0.2) is 81.6 Å². The SMILES string of the molecule is COC(=O)c1cc(N)cc(-c2ccc(O)c3c2C[C@@H]2C[C@@H]4[C@@H](N(C)C)C(=O)C(C(N)=O)=C(O)[C@]4(O)C(=O)C2=C3O)c1. The number of ether oxygens (including phenoxy) is 1. The van der Waals surface area contributed by atoms with Crippen molar-refractivity contribution in [1.29, 1.82) is 0 Å². The van der Waals surface area contributed by atoms with E-state index in [0.29, 0.717) is 16.7 Å². The van der Waals surface area contributed by atoms with E-state index in [-0.39, 0.29) is 41.0 Å². The van der Waals surface area contributed by atoms with Crippen molar-refractivity contribution in [2.75, 3.05) is 26.9 Å². The molecule has 0 unspecified atom stereocenters. The standard InChI is InChI=1S/C29H29N3O9/c1-32(2)22-17-10-12-9-16-15(11-6-13(28(39)41-3)8-14(30)7-11)4-5-18(33)20(16)23(34)19(12)25(36)29(17,40)26(37)21(24(22)35)27(31)38/h4-8,12,17,22,33-34,37,40H,9-10,30H2,1-3H3,(H2,31,38)/t12-,17-,22-,29-/m1/s1. The number of carbonyl (C=O) groups is 4. The van der Waals surface area contributed by atoms with Gasteiger partial charge in [0.05, 0.1) is 24.3 Å². The molecular weight excluding hydrogens is 534 g/mol. The van der Waals surface area contributed by atoms with Crippen LogP contribution in [0.5, 0.6) is 5.75 Å². The third-order valence-electron chi connectivity index (χ3n) is 8.29. The number of likely N-dealkylation sites (N-methyl/N-ethyl adjacent to an activating group) is 1. The average molecular weight is 564 g/mol. The fourth-order valence-corrected chi connectivity index (χ4v) is 6.56. The molecule has 214 valence electrons. The van der Waals surface area contributed by atoms with Gasteiger partial charge in [-0.25, -0.2) is 4.79 Å². The Labute approximate surface area is 234 Å². The molecule has 12 nitrogen and oxygen atoms in total. The molecule has 2 aromatic carbocycles. The largest absolute Gasteiger partial charge is 0.508 e. The summed E-state index contributed by atoms with van der Waals surface area (Å²) in [5.41, 5.74) is 9.36. The summed E-state index contributed by atoms with van der Waals surface area (Å²) in [7, 11) is 4.29. The lowest BCUT2D eigenvalue weighted by Gasteiger charge is -2.50. The second kappa shape index (κ2) is 9.46. The number of ketones is 2. The minimum absolute atomic E-state index is 0.0504. The monoisotopic (exact) mass is 563 g/mol. The molecule has 8 N–H and O–H groups in total. The molecule has 0 heterocycles. The molecule has 0 radical (unpaired) electrons. The van der Waals surface area contributed by atoms with Crippen LogP contribution < -0.4 is 11.5 Å². The van der Waals surface area contributed by atoms with Crippen molar-refractivity contribution in [3.8, 4) is 16.9 Å². The molecule has 12 heteroatoms. The van der Waals surface area contributed by atoms with E-state index in [9.17, 15) is 39.6 Å². The molecule has 1 saturated carbocycles. The van der Waals surface area contributed by atoms with Crippen molar-refractivity contribution in [1.82, 2.24) is 4.90 Å². The number of nitrogens with zero attached hydrogens (tertiary/aromatic N) is 1. The first kappa shape index (κ1) is 27.9. The van der Waals surface area contributed by atoms with Crippen molar-refractivity contribution in [2.45, 2.75) is 24.5 Å². The van der Waals surface area contributed by atoms with Gasteiger partial charge in [-0.05, 0) is 73.8 Å². The highest BCUT2D eigenvalue weighted by Crippen LogP contribution is 2.53. The maximum absolute atomic E-state index is 14.0. The molecule has 0 aliphatic heterocycles. The lowest BCUT2D eigenvalue weighted by atomic mass is 9.57. The van der Waals surface area contributed by atoms with Crippen molar-refractivity contribution in [3.63, 3.8) is 0 Å². The van der Waals surface area contributed by atoms with Crippen LogP contribution in [0, 0.1) is 11.8 Å². The van der Waals surface area contributed by atoms with Crippen LogP contribution in [0.1, 0.15) is 27.9 Å². The third-order valence-corrected chi connectivity index (χ3v) is 8.29. The molecular formula is C29H29N3O9. The van der Waals surface area contributed by atoms with Crippen molar-refractivity contribution in [3.05, 3.63) is 63.9 Å². The first-order valence-electron chi connectivity index (χ1n) is 12.7. The summed E-state index contributed by atoms with van der Waals surface area (Å²) in [6.45, 7) is 0. The first-order valence-corrected chi connectivity index (χ1v) is 12.7. The Bertz CT molecular complexity index is 1620. The number of esters is 1. The number of aliphatic hydroxyl groups excluding tert-OH is 2. The lowest BCUT2D eigenvalue weighted by molar-refractivity contribution is -0.153. The molecule has 1 amide bonds. The van der Waals surface area contributed by atoms with Crippen molar-refractivity contribution in [2.24, 2.45) is 17.6 Å². The topological polar surface area (TPSA) is 214 Å². The first-order chi connectivity index (χ1) is 19.2. The number of anilines is 1. The van der Waals surface area contributed by atoms with Gasteiger partial charge in [0.1, 0.15) is 22.8 Å². The minimum Gasteiger partial charge on any atom is -0.508 e. The molecule has 1 fully saturated rings. The number of hydrogen-bond donors (Lipinski definition) is 6. The Kier molecular flexibility index (Phi) is 6.43. The number of aromatic hydroxyl groups is 1. The minimum atomic E-state index is -2.72. The Hall–Kier alpha value is -4.68. The number of fused-ring (bicyclic) bond motifs is 3. The number of nitrogens with two attached hydrogens (primary N) is 2. The Morgan fingerprint density at radius 2 is 1.78 bits per heavy atom. The van der Waals surface area contributed by atoms with E-state index in [0.717, 1.165) is 0 Å². The van der Waals surface area contributed by atoms with Crippen LogP contribution in [0.15, 0.2) is 47.2 Å². The molecule has 0 aromatic heterocycles. The number of amides is 1. The maximum Gasteiger partial charge on any atom is 0.337 e. The summed E-state index contributed by atoms with van der Waals surface area (Å²) in [5.74, 6) is -7.91. The molecule has 3 aliphatic rings. The molecule has 2 aromatic rings. The highest BCUT2D eigenvalue weighted by molar-refractivity contribution is 6.24. The maximum atomic E-state index is 14.0. The number of hydrogen-bond acceptors (Lipinski definition) is 11. The van der Waals surface area contributed by atoms with Gasteiger partial charge in [-0.15, -0.1) is 0 Å². The van der Waals surface area contributed by atoms with E-state index in [4.69, 9.17) is 16.2 Å². The smallest absolute Gasteiger partial charge is 0.337 e. The fraction of sp³-hybridized carbons (Fsp3) is 0.310. The fourth-order valence-electron chi connectivity index (χ4n) is 6.56. The number of phenols is 1. The molecule has 3 aliphatic carbocycles. The van der Waals surface area contributed by atoms with Gasteiger partial charge in [0, 0.05) is 17.2 Å². The van der Waals surface area contributed by atoms with Gasteiger partial charge in [0.15, 0.2) is 11.4 Å². The van der Waals surface area contributed by atoms with Crippen LogP contribution in [0.3, 0.4) is 0 Å². The Balaban J connectivity index is 1.73. The van der Waals surface area contributed by atoms with E-state index < -0.39 is 64.0 Å². The molecule has 0 spiro atoms. The van der Waals surface area contributed by atoms with Crippen LogP contribution >= 0.6 is 0 Å². The summed E-state index contributed by atoms with van der Waals surface area (Å²) < 4.78 is 4.81. The number of carbonyl (C=O) groups excluding carboxylic acids is 4. The number of primary amides is 1. The molecule has 0 saturated heterocycles. The second-order valence-electron chi connectivity index (χ2n) is 10.8. The van der Waals surface area contributed by atoms with Crippen molar-refractivity contribution < 1.29 is 44.3 Å². The van der Waals surface area contributed by atoms with E-state index in [1.807, 2.05) is 0 Å². The number of benzene rings is 2. The highest BCUT2D eigenvalue weighted by Gasteiger charge is 2.64. The van der Waals surface area contributed by atoms with Gasteiger partial charge >= 0.3 is 5.97 Å². The number of methoxy groups -OCH3 is 1. The molecule has 5 rings (SSSR count). The van der Waals surface area contributed by atoms with Gasteiger partial charge < -0.3 is 36.6 Å². The summed E-state index contributed by atoms with van der Waals surface area (Å²) >= 11 is 0. The van der Waals surface area contributed by atoms with E-state index in [1.165, 1.54) is 38.2 Å². The van der Waals surface area contributed by atoms with Gasteiger partial charge in [-0.1, -0.05) is 6.07 Å². The van der Waals surface area contributed by atoms with Gasteiger partial charge in [0.25, 0.3) is 5.91 Å². The van der Waals surface area contributed by atoms with Gasteiger partial charge in [-0.3, -0.25) is 19.3 Å². The highest BCUT2D eigenvalue weighted by atomic mass is 16.5. The normalized spacial score (nSPS) is 25.5. The molecule has 41 heavy (non-hydrogen) atoms.